The van der Waals surface area contributed by atoms with Gasteiger partial charge >= 0.3 is 6.18 Å². The second-order valence-corrected chi connectivity index (χ2v) is 3.16. The van der Waals surface area contributed by atoms with E-state index in [0.717, 1.165) is 6.54 Å². The third kappa shape index (κ3) is 6.17. The summed E-state index contributed by atoms with van der Waals surface area (Å²) in [5.74, 6) is 0. The molecule has 6 heteroatoms. The van der Waals surface area contributed by atoms with E-state index in [1.807, 2.05) is 18.9 Å². The van der Waals surface area contributed by atoms with Gasteiger partial charge in [0, 0.05) is 19.6 Å². The molecule has 0 aromatic heterocycles. The summed E-state index contributed by atoms with van der Waals surface area (Å²) in [5, 5.41) is 11.2. The Morgan fingerprint density at radius 2 is 2.00 bits per heavy atom. The lowest BCUT2D eigenvalue weighted by Gasteiger charge is -2.17. The van der Waals surface area contributed by atoms with Crippen LogP contribution in [-0.4, -0.2) is 55.5 Å². The van der Waals surface area contributed by atoms with E-state index in [4.69, 9.17) is 5.11 Å². The monoisotopic (exact) mass is 214 g/mol. The Morgan fingerprint density at radius 3 is 2.43 bits per heavy atom. The SMILES string of the molecule is CCN(C)CCNCC(O)C(F)(F)F. The number of halogens is 3. The molecule has 0 rings (SSSR count). The van der Waals surface area contributed by atoms with Crippen molar-refractivity contribution in [1.29, 1.82) is 0 Å². The minimum Gasteiger partial charge on any atom is -0.382 e. The Labute approximate surface area is 81.9 Å². The van der Waals surface area contributed by atoms with Gasteiger partial charge in [-0.3, -0.25) is 0 Å². The molecular weight excluding hydrogens is 197 g/mol. The van der Waals surface area contributed by atoms with E-state index >= 15 is 0 Å². The van der Waals surface area contributed by atoms with Crippen LogP contribution in [0.1, 0.15) is 6.92 Å². The van der Waals surface area contributed by atoms with Crippen molar-refractivity contribution >= 4 is 0 Å². The van der Waals surface area contributed by atoms with Crippen LogP contribution in [0.4, 0.5) is 13.2 Å². The highest BCUT2D eigenvalue weighted by molar-refractivity contribution is 4.68. The van der Waals surface area contributed by atoms with Crippen molar-refractivity contribution in [3.8, 4) is 0 Å². The third-order valence-electron chi connectivity index (χ3n) is 1.93. The van der Waals surface area contributed by atoms with Gasteiger partial charge in [-0.2, -0.15) is 13.2 Å². The zero-order chi connectivity index (χ0) is 11.2. The number of aliphatic hydroxyl groups excluding tert-OH is 1. The lowest BCUT2D eigenvalue weighted by Crippen LogP contribution is -2.40. The molecule has 2 N–H and O–H groups in total. The summed E-state index contributed by atoms with van der Waals surface area (Å²) in [5.41, 5.74) is 0. The number of alkyl halides is 3. The second-order valence-electron chi connectivity index (χ2n) is 3.16. The van der Waals surface area contributed by atoms with Crippen LogP contribution in [0.3, 0.4) is 0 Å². The van der Waals surface area contributed by atoms with Gasteiger partial charge in [-0.25, -0.2) is 0 Å². The predicted octanol–water partition coefficient (Wildman–Crippen LogP) is 0.451. The Bertz CT molecular complexity index is 152. The molecular formula is C8H17F3N2O. The number of aliphatic hydroxyl groups is 1. The molecule has 0 heterocycles. The molecule has 1 unspecified atom stereocenters. The molecule has 0 aliphatic heterocycles. The number of rotatable bonds is 6. The van der Waals surface area contributed by atoms with Gasteiger partial charge < -0.3 is 15.3 Å². The van der Waals surface area contributed by atoms with E-state index in [-0.39, 0.29) is 0 Å². The molecule has 0 aromatic rings. The first-order valence-electron chi connectivity index (χ1n) is 4.52. The topological polar surface area (TPSA) is 35.5 Å². The van der Waals surface area contributed by atoms with Crippen molar-refractivity contribution in [2.75, 3.05) is 33.2 Å². The zero-order valence-electron chi connectivity index (χ0n) is 8.43. The first kappa shape index (κ1) is 13.7. The minimum atomic E-state index is -4.52. The highest BCUT2D eigenvalue weighted by Crippen LogP contribution is 2.18. The molecule has 0 radical (unpaired) electrons. The maximum Gasteiger partial charge on any atom is 0.415 e. The van der Waals surface area contributed by atoms with Crippen LogP contribution in [0.15, 0.2) is 0 Å². The highest BCUT2D eigenvalue weighted by atomic mass is 19.4. The Balaban J connectivity index is 3.46. The van der Waals surface area contributed by atoms with E-state index in [0.29, 0.717) is 13.1 Å². The summed E-state index contributed by atoms with van der Waals surface area (Å²) in [7, 11) is 1.88. The van der Waals surface area contributed by atoms with Gasteiger partial charge in [-0.05, 0) is 13.6 Å². The lowest BCUT2D eigenvalue weighted by atomic mass is 10.3. The van der Waals surface area contributed by atoms with Crippen LogP contribution < -0.4 is 5.32 Å². The second kappa shape index (κ2) is 6.21. The molecule has 0 aromatic carbocycles. The molecule has 0 saturated carbocycles. The van der Waals surface area contributed by atoms with Crippen LogP contribution >= 0.6 is 0 Å². The van der Waals surface area contributed by atoms with Crippen LogP contribution in [0.5, 0.6) is 0 Å². The van der Waals surface area contributed by atoms with E-state index < -0.39 is 18.8 Å². The Kier molecular flexibility index (Phi) is 6.06. The number of hydrogen-bond acceptors (Lipinski definition) is 3. The molecule has 0 fully saturated rings. The molecule has 86 valence electrons. The number of nitrogens with one attached hydrogen (secondary N) is 1. The molecule has 0 spiro atoms. The highest BCUT2D eigenvalue weighted by Gasteiger charge is 2.37. The maximum absolute atomic E-state index is 11.8. The summed E-state index contributed by atoms with van der Waals surface area (Å²) in [6, 6.07) is 0. The van der Waals surface area contributed by atoms with E-state index in [2.05, 4.69) is 5.32 Å². The van der Waals surface area contributed by atoms with Crippen molar-refractivity contribution in [1.82, 2.24) is 10.2 Å². The van der Waals surface area contributed by atoms with E-state index in [1.165, 1.54) is 0 Å². The zero-order valence-corrected chi connectivity index (χ0v) is 8.43. The van der Waals surface area contributed by atoms with Gasteiger partial charge in [0.05, 0.1) is 0 Å². The van der Waals surface area contributed by atoms with Crippen LogP contribution in [0, 0.1) is 0 Å². The molecule has 0 aliphatic rings. The molecule has 1 atom stereocenters. The maximum atomic E-state index is 11.8. The molecule has 14 heavy (non-hydrogen) atoms. The quantitative estimate of drug-likeness (QED) is 0.630. The summed E-state index contributed by atoms with van der Waals surface area (Å²) in [6.45, 7) is 3.48. The minimum absolute atomic E-state index is 0.442. The molecule has 0 amide bonds. The summed E-state index contributed by atoms with van der Waals surface area (Å²) in [4.78, 5) is 1.97. The fourth-order valence-corrected chi connectivity index (χ4v) is 0.783. The fourth-order valence-electron chi connectivity index (χ4n) is 0.783. The van der Waals surface area contributed by atoms with Crippen LogP contribution in [0.25, 0.3) is 0 Å². The molecule has 3 nitrogen and oxygen atoms in total. The van der Waals surface area contributed by atoms with Gasteiger partial charge in [-0.1, -0.05) is 6.92 Å². The lowest BCUT2D eigenvalue weighted by molar-refractivity contribution is -0.201. The van der Waals surface area contributed by atoms with Crippen molar-refractivity contribution < 1.29 is 18.3 Å². The average molecular weight is 214 g/mol. The number of nitrogens with zero attached hydrogens (tertiary/aromatic N) is 1. The average Bonchev–Trinajstić information content (AvgIpc) is 2.09. The van der Waals surface area contributed by atoms with Gasteiger partial charge in [0.2, 0.25) is 0 Å². The first-order valence-corrected chi connectivity index (χ1v) is 4.52. The summed E-state index contributed by atoms with van der Waals surface area (Å²) >= 11 is 0. The van der Waals surface area contributed by atoms with Crippen molar-refractivity contribution in [3.05, 3.63) is 0 Å². The fraction of sp³-hybridized carbons (Fsp3) is 1.00. The summed E-state index contributed by atoms with van der Waals surface area (Å²) in [6.07, 6.45) is -6.79. The van der Waals surface area contributed by atoms with Gasteiger partial charge in [0.25, 0.3) is 0 Å². The predicted molar refractivity (Wildman–Crippen MR) is 48.1 cm³/mol. The van der Waals surface area contributed by atoms with Crippen LogP contribution in [-0.2, 0) is 0 Å². The van der Waals surface area contributed by atoms with E-state index in [9.17, 15) is 13.2 Å². The molecule has 0 bridgehead atoms. The number of hydrogen-bond donors (Lipinski definition) is 2. The van der Waals surface area contributed by atoms with Crippen molar-refractivity contribution in [2.24, 2.45) is 0 Å². The van der Waals surface area contributed by atoms with Gasteiger partial charge in [0.1, 0.15) is 0 Å². The standard InChI is InChI=1S/C8H17F3N2O/c1-3-13(2)5-4-12-6-7(14)8(9,10)11/h7,12,14H,3-6H2,1-2H3. The molecule has 0 saturated heterocycles. The first-order chi connectivity index (χ1) is 6.38. The third-order valence-corrected chi connectivity index (χ3v) is 1.93. The summed E-state index contributed by atoms with van der Waals surface area (Å²) < 4.78 is 35.4. The van der Waals surface area contributed by atoms with Crippen molar-refractivity contribution in [3.63, 3.8) is 0 Å². The Morgan fingerprint density at radius 1 is 1.43 bits per heavy atom. The van der Waals surface area contributed by atoms with E-state index in [1.54, 1.807) is 0 Å². The van der Waals surface area contributed by atoms with Gasteiger partial charge in [0.15, 0.2) is 6.10 Å². The normalized spacial score (nSPS) is 14.8. The van der Waals surface area contributed by atoms with Crippen molar-refractivity contribution in [2.45, 2.75) is 19.2 Å². The van der Waals surface area contributed by atoms with Crippen LogP contribution in [0.2, 0.25) is 0 Å². The smallest absolute Gasteiger partial charge is 0.382 e. The number of likely N-dealkylation sites (N-methyl/N-ethyl adjacent to an activating group) is 1. The Hall–Kier alpha value is -0.330. The largest absolute Gasteiger partial charge is 0.415 e. The van der Waals surface area contributed by atoms with Gasteiger partial charge in [-0.15, -0.1) is 0 Å². The molecule has 0 aliphatic carbocycles.